The lowest BCUT2D eigenvalue weighted by atomic mass is 9.81. The summed E-state index contributed by atoms with van der Waals surface area (Å²) in [6, 6.07) is 7.02. The molecule has 2 aromatic carbocycles. The SMILES string of the molecule is C/C=C/CC(C)(O)c1cc(=O)c2c(C)cc3c(c2o1)C(=O)c1c(O)cccc1C3=O. The van der Waals surface area contributed by atoms with Gasteiger partial charge in [0.1, 0.15) is 22.7 Å². The van der Waals surface area contributed by atoms with Crippen LogP contribution in [0.1, 0.15) is 63.4 Å². The van der Waals surface area contributed by atoms with Crippen LogP contribution in [0.15, 0.2) is 51.7 Å². The summed E-state index contributed by atoms with van der Waals surface area (Å²) in [5, 5.41) is 21.2. The number of aryl methyl sites for hydroxylation is 1. The van der Waals surface area contributed by atoms with Crippen molar-refractivity contribution in [2.24, 2.45) is 0 Å². The van der Waals surface area contributed by atoms with Gasteiger partial charge in [0.2, 0.25) is 5.78 Å². The third-order valence-electron chi connectivity index (χ3n) is 5.47. The number of benzene rings is 2. The van der Waals surface area contributed by atoms with Crippen molar-refractivity contribution in [3.63, 3.8) is 0 Å². The average Bonchev–Trinajstić information content (AvgIpc) is 2.69. The highest BCUT2D eigenvalue weighted by molar-refractivity contribution is 6.32. The fourth-order valence-electron chi connectivity index (χ4n) is 3.88. The number of carbonyl (C=O) groups is 2. The molecule has 1 aliphatic carbocycles. The Hall–Kier alpha value is -3.51. The molecule has 30 heavy (non-hydrogen) atoms. The maximum absolute atomic E-state index is 13.3. The summed E-state index contributed by atoms with van der Waals surface area (Å²) in [6.45, 7) is 4.97. The van der Waals surface area contributed by atoms with Crippen molar-refractivity contribution in [3.05, 3.63) is 86.3 Å². The molecule has 1 heterocycles. The number of aromatic hydroxyl groups is 1. The topological polar surface area (TPSA) is 105 Å². The summed E-state index contributed by atoms with van der Waals surface area (Å²) in [6.07, 6.45) is 3.70. The van der Waals surface area contributed by atoms with Crippen LogP contribution < -0.4 is 5.43 Å². The van der Waals surface area contributed by atoms with Crippen LogP contribution in [-0.4, -0.2) is 21.8 Å². The summed E-state index contributed by atoms with van der Waals surface area (Å²) < 4.78 is 5.92. The van der Waals surface area contributed by atoms with Gasteiger partial charge in [-0.3, -0.25) is 14.4 Å². The molecule has 152 valence electrons. The second-order valence-electron chi connectivity index (χ2n) is 7.70. The highest BCUT2D eigenvalue weighted by Crippen LogP contribution is 2.38. The van der Waals surface area contributed by atoms with E-state index < -0.39 is 22.6 Å². The predicted molar refractivity (Wildman–Crippen MR) is 111 cm³/mol. The Labute approximate surface area is 172 Å². The number of hydrogen-bond acceptors (Lipinski definition) is 6. The lowest BCUT2D eigenvalue weighted by molar-refractivity contribution is 0.0374. The van der Waals surface area contributed by atoms with Crippen LogP contribution in [0.2, 0.25) is 0 Å². The first-order valence-electron chi connectivity index (χ1n) is 9.54. The molecule has 3 aromatic rings. The maximum atomic E-state index is 13.3. The van der Waals surface area contributed by atoms with E-state index in [0.29, 0.717) is 5.56 Å². The lowest BCUT2D eigenvalue weighted by Gasteiger charge is -2.23. The Morgan fingerprint density at radius 3 is 2.50 bits per heavy atom. The van der Waals surface area contributed by atoms with Crippen molar-refractivity contribution >= 4 is 22.5 Å². The molecule has 0 bridgehead atoms. The molecule has 6 heteroatoms. The van der Waals surface area contributed by atoms with Gasteiger partial charge in [0, 0.05) is 23.6 Å². The summed E-state index contributed by atoms with van der Waals surface area (Å²) in [4.78, 5) is 39.3. The Morgan fingerprint density at radius 2 is 1.80 bits per heavy atom. The van der Waals surface area contributed by atoms with Crippen molar-refractivity contribution in [3.8, 4) is 5.75 Å². The first-order valence-corrected chi connectivity index (χ1v) is 9.54. The monoisotopic (exact) mass is 404 g/mol. The van der Waals surface area contributed by atoms with Gasteiger partial charge in [-0.25, -0.2) is 0 Å². The minimum Gasteiger partial charge on any atom is -0.507 e. The molecule has 0 amide bonds. The summed E-state index contributed by atoms with van der Waals surface area (Å²) in [7, 11) is 0. The third kappa shape index (κ3) is 2.80. The first kappa shape index (κ1) is 19.8. The lowest BCUT2D eigenvalue weighted by Crippen LogP contribution is -2.25. The van der Waals surface area contributed by atoms with E-state index in [4.69, 9.17) is 4.42 Å². The Morgan fingerprint density at radius 1 is 1.07 bits per heavy atom. The number of allylic oxidation sites excluding steroid dienone is 1. The van der Waals surface area contributed by atoms with E-state index in [0.717, 1.165) is 0 Å². The van der Waals surface area contributed by atoms with Crippen LogP contribution in [0.5, 0.6) is 5.75 Å². The number of ketones is 2. The van der Waals surface area contributed by atoms with Gasteiger partial charge in [-0.2, -0.15) is 0 Å². The summed E-state index contributed by atoms with van der Waals surface area (Å²) in [5.41, 5.74) is -1.46. The highest BCUT2D eigenvalue weighted by atomic mass is 16.4. The van der Waals surface area contributed by atoms with Crippen molar-refractivity contribution < 1.29 is 24.2 Å². The van der Waals surface area contributed by atoms with Gasteiger partial charge >= 0.3 is 0 Å². The molecule has 0 saturated carbocycles. The molecular weight excluding hydrogens is 384 g/mol. The van der Waals surface area contributed by atoms with E-state index in [1.165, 1.54) is 37.3 Å². The van der Waals surface area contributed by atoms with Crippen LogP contribution in [0.3, 0.4) is 0 Å². The van der Waals surface area contributed by atoms with Crippen LogP contribution in [0.25, 0.3) is 11.0 Å². The Kier molecular flexibility index (Phi) is 4.47. The normalized spacial score (nSPS) is 15.3. The van der Waals surface area contributed by atoms with E-state index in [-0.39, 0.29) is 51.2 Å². The second-order valence-corrected chi connectivity index (χ2v) is 7.70. The number of phenols is 1. The van der Waals surface area contributed by atoms with Gasteiger partial charge in [0.05, 0.1) is 16.5 Å². The van der Waals surface area contributed by atoms with E-state index in [1.807, 2.05) is 0 Å². The van der Waals surface area contributed by atoms with Gasteiger partial charge in [-0.1, -0.05) is 24.3 Å². The van der Waals surface area contributed by atoms with Crippen molar-refractivity contribution in [2.75, 3.05) is 0 Å². The highest BCUT2D eigenvalue weighted by Gasteiger charge is 2.36. The third-order valence-corrected chi connectivity index (χ3v) is 5.47. The fraction of sp³-hybridized carbons (Fsp3) is 0.208. The Balaban J connectivity index is 2.09. The minimum atomic E-state index is -1.49. The smallest absolute Gasteiger partial charge is 0.202 e. The molecule has 1 aliphatic rings. The predicted octanol–water partition coefficient (Wildman–Crippen LogP) is 3.76. The Bertz CT molecular complexity index is 1320. The molecule has 0 radical (unpaired) electrons. The number of aliphatic hydroxyl groups is 1. The first-order chi connectivity index (χ1) is 14.2. The van der Waals surface area contributed by atoms with E-state index in [1.54, 1.807) is 26.0 Å². The summed E-state index contributed by atoms with van der Waals surface area (Å²) >= 11 is 0. The van der Waals surface area contributed by atoms with E-state index in [9.17, 15) is 24.6 Å². The van der Waals surface area contributed by atoms with E-state index >= 15 is 0 Å². The standard InChI is InChI=1S/C24H20O6/c1-4-5-9-24(3,29)17-11-16(26)18-12(2)10-14-20(23(18)30-17)22(28)19-13(21(14)27)7-6-8-15(19)25/h4-8,10-11,25,29H,9H2,1-3H3/b5-4+. The zero-order chi connectivity index (χ0) is 21.8. The zero-order valence-electron chi connectivity index (χ0n) is 16.8. The largest absolute Gasteiger partial charge is 0.507 e. The molecule has 4 rings (SSSR count). The zero-order valence-corrected chi connectivity index (χ0v) is 16.8. The second kappa shape index (κ2) is 6.78. The van der Waals surface area contributed by atoms with Gasteiger partial charge in [-0.15, -0.1) is 0 Å². The minimum absolute atomic E-state index is 0.00534. The number of carbonyl (C=O) groups excluding carboxylic acids is 2. The number of fused-ring (bicyclic) bond motifs is 4. The maximum Gasteiger partial charge on any atom is 0.202 e. The molecule has 1 atom stereocenters. The summed E-state index contributed by atoms with van der Waals surface area (Å²) in [5.74, 6) is -1.36. The molecular formula is C24H20O6. The molecule has 6 nitrogen and oxygen atoms in total. The van der Waals surface area contributed by atoms with Crippen molar-refractivity contribution in [2.45, 2.75) is 32.8 Å². The molecule has 2 N–H and O–H groups in total. The average molecular weight is 404 g/mol. The van der Waals surface area contributed by atoms with Crippen LogP contribution in [0.4, 0.5) is 0 Å². The molecule has 0 aliphatic heterocycles. The quantitative estimate of drug-likeness (QED) is 0.504. The van der Waals surface area contributed by atoms with Gasteiger partial charge in [0.15, 0.2) is 11.2 Å². The van der Waals surface area contributed by atoms with Gasteiger partial charge < -0.3 is 14.6 Å². The number of rotatable bonds is 3. The molecule has 0 fully saturated rings. The van der Waals surface area contributed by atoms with Crippen LogP contribution >= 0.6 is 0 Å². The van der Waals surface area contributed by atoms with Crippen molar-refractivity contribution in [1.82, 2.24) is 0 Å². The number of hydrogen-bond donors (Lipinski definition) is 2. The van der Waals surface area contributed by atoms with Crippen LogP contribution in [0, 0.1) is 6.92 Å². The van der Waals surface area contributed by atoms with Gasteiger partial charge in [-0.05, 0) is 38.5 Å². The van der Waals surface area contributed by atoms with Gasteiger partial charge in [0.25, 0.3) is 0 Å². The number of phenolic OH excluding ortho intramolecular Hbond substituents is 1. The molecule has 0 spiro atoms. The molecule has 1 unspecified atom stereocenters. The molecule has 1 aromatic heterocycles. The van der Waals surface area contributed by atoms with Crippen molar-refractivity contribution in [1.29, 1.82) is 0 Å². The fourth-order valence-corrected chi connectivity index (χ4v) is 3.88. The van der Waals surface area contributed by atoms with E-state index in [2.05, 4.69) is 0 Å². The van der Waals surface area contributed by atoms with Crippen LogP contribution in [-0.2, 0) is 5.60 Å². The molecule has 0 saturated heterocycles.